The van der Waals surface area contributed by atoms with E-state index in [1.165, 1.54) is 89.0 Å². The maximum absolute atomic E-state index is 2.64. The van der Waals surface area contributed by atoms with Gasteiger partial charge in [-0.2, -0.15) is 0 Å². The Labute approximate surface area is 430 Å². The Morgan fingerprint density at radius 3 is 0.746 bits per heavy atom. The minimum atomic E-state index is -2.01. The molecule has 0 N–H and O–H groups in total. The molecule has 0 spiro atoms. The fourth-order valence-corrected chi connectivity index (χ4v) is 25.2. The number of anilines is 6. The quantitative estimate of drug-likeness (QED) is 0.140. The first-order valence-electron chi connectivity index (χ1n) is 26.2. The van der Waals surface area contributed by atoms with Gasteiger partial charge in [0.25, 0.3) is 0 Å². The fraction of sp³-hybridized carbons (Fsp3) is 0.343. The predicted octanol–water partition coefficient (Wildman–Crippen LogP) is 20.1. The number of rotatable bonds is 8. The largest absolute Gasteiger partial charge is 0.310 e. The Morgan fingerprint density at radius 1 is 0.282 bits per heavy atom. The van der Waals surface area contributed by atoms with Gasteiger partial charge in [-0.15, -0.1) is 0 Å². The van der Waals surface area contributed by atoms with E-state index in [0.29, 0.717) is 0 Å². The summed E-state index contributed by atoms with van der Waals surface area (Å²) in [6.45, 7) is 43.3. The molecule has 0 amide bonds. The molecule has 0 atom stereocenters. The Balaban J connectivity index is 1.22. The van der Waals surface area contributed by atoms with Crippen LogP contribution in [0.3, 0.4) is 0 Å². The lowest BCUT2D eigenvalue weighted by molar-refractivity contribution is 0.590. The van der Waals surface area contributed by atoms with E-state index in [4.69, 9.17) is 0 Å². The molecule has 1 aliphatic rings. The van der Waals surface area contributed by atoms with Crippen molar-refractivity contribution in [1.82, 2.24) is 0 Å². The minimum Gasteiger partial charge on any atom is -0.310 e. The van der Waals surface area contributed by atoms with Crippen LogP contribution in [0.15, 0.2) is 158 Å². The molecule has 0 aliphatic heterocycles. The number of fused-ring (bicyclic) bond motifs is 5. The third-order valence-electron chi connectivity index (χ3n) is 15.8. The van der Waals surface area contributed by atoms with E-state index in [-0.39, 0.29) is 26.3 Å². The smallest absolute Gasteiger partial charge is 0.0579 e. The molecular formula is C67H80N2Si2. The second-order valence-corrected chi connectivity index (χ2v) is 38.0. The van der Waals surface area contributed by atoms with Gasteiger partial charge >= 0.3 is 0 Å². The highest BCUT2D eigenvalue weighted by Crippen LogP contribution is 2.59. The highest BCUT2D eigenvalue weighted by atomic mass is 28.4. The summed E-state index contributed by atoms with van der Waals surface area (Å²) in [6, 6.07) is 61.7. The van der Waals surface area contributed by atoms with E-state index in [0.717, 1.165) is 0 Å². The van der Waals surface area contributed by atoms with Crippen LogP contribution in [0.1, 0.15) is 116 Å². The molecule has 0 saturated carbocycles. The molecule has 0 bridgehead atoms. The SMILES string of the molecule is CC(C)(C)c1ccc(N(c2ccc(C(C)(C)C)cc2)c2ccc3cc4c(cc3c2)C([Si](C)(C)C)([Si](C)(C)C)c2cc3cc(N(c5ccc(C(C)(C)C)cc5)c5ccc(C(C)(C)C)cc5)ccc3cc2-4)cc1. The van der Waals surface area contributed by atoms with Crippen molar-refractivity contribution < 1.29 is 0 Å². The lowest BCUT2D eigenvalue weighted by Gasteiger charge is -2.51. The van der Waals surface area contributed by atoms with E-state index in [1.807, 2.05) is 0 Å². The van der Waals surface area contributed by atoms with Gasteiger partial charge in [-0.1, -0.05) is 195 Å². The van der Waals surface area contributed by atoms with E-state index < -0.39 is 16.1 Å². The summed E-state index contributed by atoms with van der Waals surface area (Å²) in [5, 5.41) is 5.17. The van der Waals surface area contributed by atoms with Crippen molar-refractivity contribution in [1.29, 1.82) is 0 Å². The zero-order valence-electron chi connectivity index (χ0n) is 46.4. The molecule has 366 valence electrons. The summed E-state index contributed by atoms with van der Waals surface area (Å²) in [5.41, 5.74) is 18.6. The summed E-state index contributed by atoms with van der Waals surface area (Å²) >= 11 is 0. The molecule has 0 radical (unpaired) electrons. The average molecular weight is 970 g/mol. The number of nitrogens with zero attached hydrogens (tertiary/aromatic N) is 2. The summed E-state index contributed by atoms with van der Waals surface area (Å²) < 4.78 is -0.0322. The molecule has 0 fully saturated rings. The lowest BCUT2D eigenvalue weighted by Crippen LogP contribution is -2.63. The molecule has 71 heavy (non-hydrogen) atoms. The van der Waals surface area contributed by atoms with Crippen LogP contribution in [0.25, 0.3) is 32.7 Å². The van der Waals surface area contributed by atoms with Gasteiger partial charge in [0, 0.05) is 38.8 Å². The Morgan fingerprint density at radius 2 is 0.521 bits per heavy atom. The first kappa shape index (κ1) is 50.3. The Hall–Kier alpha value is -5.69. The van der Waals surface area contributed by atoms with Crippen LogP contribution in [0, 0.1) is 0 Å². The molecule has 8 aromatic rings. The van der Waals surface area contributed by atoms with Crippen LogP contribution in [0.4, 0.5) is 34.1 Å². The van der Waals surface area contributed by atoms with Crippen LogP contribution in [0.2, 0.25) is 39.3 Å². The zero-order valence-corrected chi connectivity index (χ0v) is 48.4. The third-order valence-corrected chi connectivity index (χ3v) is 25.8. The molecule has 0 heterocycles. The summed E-state index contributed by atoms with van der Waals surface area (Å²) in [6.07, 6.45) is 0. The van der Waals surface area contributed by atoms with Crippen molar-refractivity contribution in [2.24, 2.45) is 0 Å². The van der Waals surface area contributed by atoms with Crippen molar-refractivity contribution >= 4 is 71.8 Å². The topological polar surface area (TPSA) is 6.48 Å². The van der Waals surface area contributed by atoms with E-state index in [9.17, 15) is 0 Å². The second-order valence-electron chi connectivity index (χ2n) is 27.0. The van der Waals surface area contributed by atoms with Gasteiger partial charge in [0.15, 0.2) is 0 Å². The predicted molar refractivity (Wildman–Crippen MR) is 319 cm³/mol. The van der Waals surface area contributed by atoms with Crippen LogP contribution >= 0.6 is 0 Å². The van der Waals surface area contributed by atoms with Gasteiger partial charge in [0.2, 0.25) is 0 Å². The van der Waals surface area contributed by atoms with Crippen LogP contribution in [-0.4, -0.2) is 16.1 Å². The third kappa shape index (κ3) is 9.03. The molecule has 9 rings (SSSR count). The molecule has 8 aromatic carbocycles. The molecule has 4 heteroatoms. The van der Waals surface area contributed by atoms with E-state index >= 15 is 0 Å². The molecule has 0 aromatic heterocycles. The normalized spacial score (nSPS) is 14.2. The second kappa shape index (κ2) is 17.2. The van der Waals surface area contributed by atoms with Gasteiger partial charge in [-0.3, -0.25) is 0 Å². The Kier molecular flexibility index (Phi) is 12.2. The summed E-state index contributed by atoms with van der Waals surface area (Å²) in [4.78, 5) is 4.91. The van der Waals surface area contributed by atoms with Crippen LogP contribution in [-0.2, 0) is 26.3 Å². The monoisotopic (exact) mass is 969 g/mol. The van der Waals surface area contributed by atoms with Crippen molar-refractivity contribution in [3.8, 4) is 11.1 Å². The first-order chi connectivity index (χ1) is 33.0. The van der Waals surface area contributed by atoms with Crippen molar-refractivity contribution in [2.75, 3.05) is 9.80 Å². The molecular weight excluding hydrogens is 889 g/mol. The molecule has 0 saturated heterocycles. The maximum atomic E-state index is 2.64. The number of hydrogen-bond donors (Lipinski definition) is 0. The van der Waals surface area contributed by atoms with Gasteiger partial charge in [-0.05, 0) is 173 Å². The fourth-order valence-electron chi connectivity index (χ4n) is 12.1. The summed E-state index contributed by atoms with van der Waals surface area (Å²) in [7, 11) is -4.02. The standard InChI is InChI=1S/C67H80N2Si2/c1-63(2,3)49-21-31-53(32-22-49)68(54-33-23-50(24-34-54)64(4,5)6)57-29-19-45-41-59-60-42-46-20-30-58(40-48(46)44-62(60)67(70(13,14)15,71(16,17)18)61(59)43-47(45)39-57)69(55-35-25-51(26-36-55)65(7,8)9)56-37-27-52(28-38-56)66(10,11)12/h19-44H,1-18H3. The van der Waals surface area contributed by atoms with Crippen molar-refractivity contribution in [2.45, 2.75) is 149 Å². The number of benzene rings is 8. The van der Waals surface area contributed by atoms with E-state index in [2.05, 4.69) is 290 Å². The average Bonchev–Trinajstić information content (AvgIpc) is 3.57. The Bertz CT molecular complexity index is 2920. The molecule has 2 nitrogen and oxygen atoms in total. The number of hydrogen-bond acceptors (Lipinski definition) is 2. The molecule has 1 aliphatic carbocycles. The van der Waals surface area contributed by atoms with Gasteiger partial charge in [0.05, 0.1) is 16.1 Å². The lowest BCUT2D eigenvalue weighted by atomic mass is 9.86. The van der Waals surface area contributed by atoms with Crippen molar-refractivity contribution in [3.63, 3.8) is 0 Å². The highest BCUT2D eigenvalue weighted by Gasteiger charge is 2.59. The highest BCUT2D eigenvalue weighted by molar-refractivity contribution is 6.99. The zero-order chi connectivity index (χ0) is 51.4. The van der Waals surface area contributed by atoms with Crippen LogP contribution < -0.4 is 9.80 Å². The van der Waals surface area contributed by atoms with Gasteiger partial charge in [0.1, 0.15) is 0 Å². The minimum absolute atomic E-state index is 0.0322. The van der Waals surface area contributed by atoms with E-state index in [1.54, 1.807) is 11.1 Å². The van der Waals surface area contributed by atoms with Gasteiger partial charge in [-0.25, -0.2) is 0 Å². The van der Waals surface area contributed by atoms with Crippen molar-refractivity contribution in [3.05, 3.63) is 191 Å². The maximum Gasteiger partial charge on any atom is 0.0579 e. The summed E-state index contributed by atoms with van der Waals surface area (Å²) in [5.74, 6) is 0. The first-order valence-corrected chi connectivity index (χ1v) is 33.2. The van der Waals surface area contributed by atoms with Gasteiger partial charge < -0.3 is 9.80 Å². The van der Waals surface area contributed by atoms with Crippen LogP contribution in [0.5, 0.6) is 0 Å². The molecule has 0 unspecified atom stereocenters.